The molecule has 0 atom stereocenters. The van der Waals surface area contributed by atoms with Gasteiger partial charge in [-0.25, -0.2) is 0 Å². The van der Waals surface area contributed by atoms with E-state index in [9.17, 15) is 0 Å². The lowest BCUT2D eigenvalue weighted by molar-refractivity contribution is 0.398. The molecular formula is C21H35IN4O2S. The highest BCUT2D eigenvalue weighted by Crippen LogP contribution is 2.31. The molecule has 0 unspecified atom stereocenters. The van der Waals surface area contributed by atoms with E-state index in [0.717, 1.165) is 60.8 Å². The number of H-pyrrole nitrogens is 1. The molecule has 0 aliphatic carbocycles. The summed E-state index contributed by atoms with van der Waals surface area (Å²) in [5.41, 5.74) is 2.22. The van der Waals surface area contributed by atoms with E-state index in [1.165, 1.54) is 24.3 Å². The topological polar surface area (TPSA) is 70.7 Å². The standard InChI is InChI=1S/C21H34N4O2S.HI/c1-5-22-21(23-10-6-7-12-28-4)24-11-8-9-16-13-18-19(25-16)14-17(26-2)15-20(18)27-3;/h13-15,25H,5-12H2,1-4H3,(H2,22,23,24);1H. The zero-order valence-corrected chi connectivity index (χ0v) is 21.1. The highest BCUT2D eigenvalue weighted by molar-refractivity contribution is 14.0. The molecule has 8 heteroatoms. The number of benzene rings is 1. The summed E-state index contributed by atoms with van der Waals surface area (Å²) in [4.78, 5) is 8.16. The number of halogens is 1. The van der Waals surface area contributed by atoms with E-state index in [1.807, 2.05) is 23.9 Å². The van der Waals surface area contributed by atoms with Crippen LogP contribution in [0.5, 0.6) is 11.5 Å². The van der Waals surface area contributed by atoms with Gasteiger partial charge in [0.25, 0.3) is 0 Å². The predicted molar refractivity (Wildman–Crippen MR) is 137 cm³/mol. The molecule has 1 aromatic heterocycles. The molecule has 0 aliphatic heterocycles. The first-order chi connectivity index (χ1) is 13.7. The van der Waals surface area contributed by atoms with Crippen LogP contribution in [0.15, 0.2) is 23.2 Å². The summed E-state index contributed by atoms with van der Waals surface area (Å²) in [5, 5.41) is 7.82. The summed E-state index contributed by atoms with van der Waals surface area (Å²) >= 11 is 1.90. The van der Waals surface area contributed by atoms with Gasteiger partial charge in [0.2, 0.25) is 0 Å². The molecule has 6 nitrogen and oxygen atoms in total. The number of unbranched alkanes of at least 4 members (excludes halogenated alkanes) is 1. The average Bonchev–Trinajstić information content (AvgIpc) is 3.12. The van der Waals surface area contributed by atoms with Crippen LogP contribution in [0, 0.1) is 0 Å². The van der Waals surface area contributed by atoms with Crippen LogP contribution in [-0.4, -0.2) is 56.8 Å². The van der Waals surface area contributed by atoms with Crippen molar-refractivity contribution in [1.29, 1.82) is 0 Å². The molecule has 2 aromatic rings. The Hall–Kier alpha value is -1.29. The summed E-state index contributed by atoms with van der Waals surface area (Å²) in [5.74, 6) is 3.75. The minimum absolute atomic E-state index is 0. The fourth-order valence-electron chi connectivity index (χ4n) is 3.04. The van der Waals surface area contributed by atoms with Crippen molar-refractivity contribution in [2.24, 2.45) is 4.99 Å². The van der Waals surface area contributed by atoms with Crippen LogP contribution in [0.4, 0.5) is 0 Å². The van der Waals surface area contributed by atoms with E-state index in [-0.39, 0.29) is 24.0 Å². The maximum Gasteiger partial charge on any atom is 0.191 e. The smallest absolute Gasteiger partial charge is 0.191 e. The third kappa shape index (κ3) is 8.54. The van der Waals surface area contributed by atoms with Crippen molar-refractivity contribution in [2.45, 2.75) is 32.6 Å². The van der Waals surface area contributed by atoms with Gasteiger partial charge in [-0.3, -0.25) is 4.99 Å². The number of hydrogen-bond donors (Lipinski definition) is 3. The molecule has 1 aromatic carbocycles. The average molecular weight is 535 g/mol. The second kappa shape index (κ2) is 14.7. The van der Waals surface area contributed by atoms with E-state index in [2.05, 4.69) is 34.9 Å². The van der Waals surface area contributed by atoms with E-state index in [4.69, 9.17) is 14.5 Å². The molecular weight excluding hydrogens is 499 g/mol. The number of rotatable bonds is 12. The van der Waals surface area contributed by atoms with Crippen molar-refractivity contribution in [3.8, 4) is 11.5 Å². The van der Waals surface area contributed by atoms with Crippen LogP contribution in [0.3, 0.4) is 0 Å². The van der Waals surface area contributed by atoms with Gasteiger partial charge in [0, 0.05) is 42.8 Å². The molecule has 0 saturated carbocycles. The number of methoxy groups -OCH3 is 2. The summed E-state index contributed by atoms with van der Waals surface area (Å²) in [6.07, 6.45) is 6.48. The highest BCUT2D eigenvalue weighted by atomic mass is 127. The van der Waals surface area contributed by atoms with Crippen LogP contribution in [-0.2, 0) is 6.42 Å². The third-order valence-electron chi connectivity index (χ3n) is 4.47. The normalized spacial score (nSPS) is 11.2. The molecule has 3 N–H and O–H groups in total. The number of ether oxygens (including phenoxy) is 2. The quantitative estimate of drug-likeness (QED) is 0.163. The Balaban J connectivity index is 0.00000420. The van der Waals surface area contributed by atoms with Crippen LogP contribution in [0.1, 0.15) is 31.9 Å². The zero-order valence-electron chi connectivity index (χ0n) is 18.0. The molecule has 0 fully saturated rings. The van der Waals surface area contributed by atoms with Crippen molar-refractivity contribution in [2.75, 3.05) is 45.9 Å². The van der Waals surface area contributed by atoms with E-state index < -0.39 is 0 Å². The highest BCUT2D eigenvalue weighted by Gasteiger charge is 2.09. The van der Waals surface area contributed by atoms with Crippen LogP contribution in [0.2, 0.25) is 0 Å². The van der Waals surface area contributed by atoms with Crippen molar-refractivity contribution in [1.82, 2.24) is 15.6 Å². The Morgan fingerprint density at radius 2 is 1.93 bits per heavy atom. The fourth-order valence-corrected chi connectivity index (χ4v) is 3.53. The van der Waals surface area contributed by atoms with Crippen molar-refractivity contribution < 1.29 is 9.47 Å². The van der Waals surface area contributed by atoms with E-state index in [0.29, 0.717) is 0 Å². The molecule has 0 bridgehead atoms. The van der Waals surface area contributed by atoms with Gasteiger partial charge in [-0.15, -0.1) is 24.0 Å². The van der Waals surface area contributed by atoms with Crippen LogP contribution in [0.25, 0.3) is 10.9 Å². The maximum absolute atomic E-state index is 5.49. The van der Waals surface area contributed by atoms with Crippen molar-refractivity contribution in [3.63, 3.8) is 0 Å². The first kappa shape index (κ1) is 25.7. The summed E-state index contributed by atoms with van der Waals surface area (Å²) in [6.45, 7) is 4.73. The van der Waals surface area contributed by atoms with Gasteiger partial charge in [0.05, 0.1) is 19.7 Å². The number of nitrogens with one attached hydrogen (secondary N) is 3. The number of aryl methyl sites for hydroxylation is 1. The van der Waals surface area contributed by atoms with Gasteiger partial charge >= 0.3 is 0 Å². The molecule has 2 rings (SSSR count). The molecule has 29 heavy (non-hydrogen) atoms. The summed E-state index contributed by atoms with van der Waals surface area (Å²) < 4.78 is 10.8. The SMILES string of the molecule is CCNC(=NCCCc1cc2c(OC)cc(OC)cc2[nH]1)NCCCCSC.I. The predicted octanol–water partition coefficient (Wildman–Crippen LogP) is 4.43. The Bertz CT molecular complexity index is 752. The fraction of sp³-hybridized carbons (Fsp3) is 0.571. The number of aliphatic imine (C=N–C) groups is 1. The number of aromatic amines is 1. The number of fused-ring (bicyclic) bond motifs is 1. The lowest BCUT2D eigenvalue weighted by atomic mass is 10.2. The summed E-state index contributed by atoms with van der Waals surface area (Å²) in [6, 6.07) is 6.08. The molecule has 0 aliphatic rings. The van der Waals surface area contributed by atoms with Crippen LogP contribution >= 0.6 is 35.7 Å². The second-order valence-electron chi connectivity index (χ2n) is 6.58. The van der Waals surface area contributed by atoms with E-state index >= 15 is 0 Å². The number of thioether (sulfide) groups is 1. The molecule has 1 heterocycles. The third-order valence-corrected chi connectivity index (χ3v) is 5.17. The molecule has 0 saturated heterocycles. The lowest BCUT2D eigenvalue weighted by Crippen LogP contribution is -2.37. The van der Waals surface area contributed by atoms with Gasteiger partial charge in [-0.2, -0.15) is 11.8 Å². The minimum atomic E-state index is 0. The van der Waals surface area contributed by atoms with Crippen LogP contribution < -0.4 is 20.1 Å². The number of aromatic nitrogens is 1. The van der Waals surface area contributed by atoms with Gasteiger partial charge < -0.3 is 25.1 Å². The van der Waals surface area contributed by atoms with Gasteiger partial charge in [-0.05, 0) is 50.7 Å². The first-order valence-corrected chi connectivity index (χ1v) is 11.4. The van der Waals surface area contributed by atoms with Gasteiger partial charge in [0.15, 0.2) is 5.96 Å². The molecule has 0 amide bonds. The largest absolute Gasteiger partial charge is 0.497 e. The van der Waals surface area contributed by atoms with Crippen molar-refractivity contribution in [3.05, 3.63) is 23.9 Å². The lowest BCUT2D eigenvalue weighted by Gasteiger charge is -2.11. The Morgan fingerprint density at radius 3 is 2.62 bits per heavy atom. The second-order valence-corrected chi connectivity index (χ2v) is 7.56. The summed E-state index contributed by atoms with van der Waals surface area (Å²) in [7, 11) is 3.35. The maximum atomic E-state index is 5.49. The molecule has 164 valence electrons. The first-order valence-electron chi connectivity index (χ1n) is 9.96. The minimum Gasteiger partial charge on any atom is -0.497 e. The Kier molecular flexibility index (Phi) is 13.0. The molecule has 0 radical (unpaired) electrons. The van der Waals surface area contributed by atoms with Gasteiger partial charge in [-0.1, -0.05) is 0 Å². The number of hydrogen-bond acceptors (Lipinski definition) is 4. The van der Waals surface area contributed by atoms with Gasteiger partial charge in [0.1, 0.15) is 11.5 Å². The molecule has 0 spiro atoms. The Morgan fingerprint density at radius 1 is 1.10 bits per heavy atom. The Labute approximate surface area is 196 Å². The van der Waals surface area contributed by atoms with Crippen molar-refractivity contribution >= 4 is 52.6 Å². The number of guanidine groups is 1. The van der Waals surface area contributed by atoms with E-state index in [1.54, 1.807) is 14.2 Å². The monoisotopic (exact) mass is 534 g/mol. The number of nitrogens with zero attached hydrogens (tertiary/aromatic N) is 1. The zero-order chi connectivity index (χ0) is 20.2.